The standard InChI is InChI=1S/C11H9BrF5NO2/c1-10(9(19)20,11(15,16)17)18-4-5-7(13)3-2-6(12)8(5)14/h2-3,18H,4H2,1H3,(H,19,20). The monoisotopic (exact) mass is 361 g/mol. The van der Waals surface area contributed by atoms with Crippen molar-refractivity contribution in [1.29, 1.82) is 0 Å². The van der Waals surface area contributed by atoms with Crippen LogP contribution in [0.2, 0.25) is 0 Å². The van der Waals surface area contributed by atoms with Gasteiger partial charge in [0.25, 0.3) is 0 Å². The Hall–Kier alpha value is -1.22. The molecule has 9 heteroatoms. The molecule has 1 unspecified atom stereocenters. The summed E-state index contributed by atoms with van der Waals surface area (Å²) in [5.41, 5.74) is -4.00. The molecule has 3 nitrogen and oxygen atoms in total. The molecular formula is C11H9BrF5NO2. The van der Waals surface area contributed by atoms with Gasteiger partial charge < -0.3 is 5.11 Å². The Morgan fingerprint density at radius 1 is 1.35 bits per heavy atom. The average Bonchev–Trinajstić information content (AvgIpc) is 2.32. The number of carbonyl (C=O) groups is 1. The summed E-state index contributed by atoms with van der Waals surface area (Å²) in [7, 11) is 0. The predicted molar refractivity (Wildman–Crippen MR) is 63.0 cm³/mol. The third-order valence-corrected chi connectivity index (χ3v) is 3.36. The van der Waals surface area contributed by atoms with E-state index in [2.05, 4.69) is 15.9 Å². The summed E-state index contributed by atoms with van der Waals surface area (Å²) in [6.07, 6.45) is -5.13. The highest BCUT2D eigenvalue weighted by Gasteiger charge is 2.57. The number of hydrogen-bond acceptors (Lipinski definition) is 2. The average molecular weight is 362 g/mol. The van der Waals surface area contributed by atoms with E-state index in [1.807, 2.05) is 0 Å². The quantitative estimate of drug-likeness (QED) is 0.639. The van der Waals surface area contributed by atoms with Crippen LogP contribution < -0.4 is 5.32 Å². The Morgan fingerprint density at radius 3 is 2.35 bits per heavy atom. The molecule has 0 saturated heterocycles. The summed E-state index contributed by atoms with van der Waals surface area (Å²) < 4.78 is 64.9. The zero-order chi connectivity index (χ0) is 15.7. The molecule has 0 spiro atoms. The molecular weight excluding hydrogens is 353 g/mol. The van der Waals surface area contributed by atoms with E-state index in [9.17, 15) is 26.7 Å². The Bertz CT molecular complexity index is 534. The predicted octanol–water partition coefficient (Wildman–Crippen LogP) is 3.22. The first kappa shape index (κ1) is 16.8. The van der Waals surface area contributed by atoms with Crippen molar-refractivity contribution in [3.05, 3.63) is 33.8 Å². The molecule has 1 atom stereocenters. The van der Waals surface area contributed by atoms with E-state index in [1.54, 1.807) is 5.32 Å². The molecule has 112 valence electrons. The van der Waals surface area contributed by atoms with Gasteiger partial charge in [-0.05, 0) is 35.0 Å². The largest absolute Gasteiger partial charge is 0.480 e. The highest BCUT2D eigenvalue weighted by atomic mass is 79.9. The maximum atomic E-state index is 13.6. The topological polar surface area (TPSA) is 49.3 Å². The Labute approximate surface area is 118 Å². The number of hydrogen-bond donors (Lipinski definition) is 2. The van der Waals surface area contributed by atoms with Gasteiger partial charge in [0.05, 0.1) is 4.47 Å². The van der Waals surface area contributed by atoms with Crippen molar-refractivity contribution in [2.45, 2.75) is 25.2 Å². The van der Waals surface area contributed by atoms with Crippen LogP contribution in [-0.4, -0.2) is 22.8 Å². The van der Waals surface area contributed by atoms with E-state index >= 15 is 0 Å². The van der Waals surface area contributed by atoms with Crippen molar-refractivity contribution in [2.75, 3.05) is 0 Å². The van der Waals surface area contributed by atoms with Gasteiger partial charge in [0, 0.05) is 12.1 Å². The van der Waals surface area contributed by atoms with E-state index in [0.29, 0.717) is 6.92 Å². The Balaban J connectivity index is 3.07. The number of alkyl halides is 3. The first-order valence-electron chi connectivity index (χ1n) is 5.18. The van der Waals surface area contributed by atoms with Crippen LogP contribution in [0.15, 0.2) is 16.6 Å². The van der Waals surface area contributed by atoms with Crippen molar-refractivity contribution < 1.29 is 31.9 Å². The maximum absolute atomic E-state index is 13.6. The van der Waals surface area contributed by atoms with Gasteiger partial charge in [-0.25, -0.2) is 13.6 Å². The van der Waals surface area contributed by atoms with Crippen LogP contribution in [0.3, 0.4) is 0 Å². The van der Waals surface area contributed by atoms with E-state index in [1.165, 1.54) is 0 Å². The lowest BCUT2D eigenvalue weighted by molar-refractivity contribution is -0.206. The maximum Gasteiger partial charge on any atom is 0.417 e. The number of halogens is 6. The molecule has 0 bridgehead atoms. The SMILES string of the molecule is CC(NCc1c(F)ccc(Br)c1F)(C(=O)O)C(F)(F)F. The van der Waals surface area contributed by atoms with Gasteiger partial charge in [0.15, 0.2) is 0 Å². The van der Waals surface area contributed by atoms with Crippen LogP contribution >= 0.6 is 15.9 Å². The van der Waals surface area contributed by atoms with E-state index < -0.39 is 41.4 Å². The summed E-state index contributed by atoms with van der Waals surface area (Å²) in [5.74, 6) is -4.36. The van der Waals surface area contributed by atoms with Gasteiger partial charge in [0.1, 0.15) is 11.6 Å². The van der Waals surface area contributed by atoms with Crippen molar-refractivity contribution in [2.24, 2.45) is 0 Å². The molecule has 0 aliphatic heterocycles. The number of carboxylic acid groups (broad SMARTS) is 1. The molecule has 2 N–H and O–H groups in total. The lowest BCUT2D eigenvalue weighted by Crippen LogP contribution is -2.59. The second kappa shape index (κ2) is 5.65. The summed E-state index contributed by atoms with van der Waals surface area (Å²) >= 11 is 2.76. The minimum absolute atomic E-state index is 0.139. The van der Waals surface area contributed by atoms with Crippen LogP contribution in [0, 0.1) is 11.6 Å². The van der Waals surface area contributed by atoms with Gasteiger partial charge >= 0.3 is 12.1 Å². The molecule has 1 rings (SSSR count). The lowest BCUT2D eigenvalue weighted by atomic mass is 10.0. The summed E-state index contributed by atoms with van der Waals surface area (Å²) in [5, 5.41) is 10.3. The van der Waals surface area contributed by atoms with Crippen LogP contribution in [0.25, 0.3) is 0 Å². The van der Waals surface area contributed by atoms with Gasteiger partial charge in [-0.15, -0.1) is 0 Å². The molecule has 1 aromatic carbocycles. The molecule has 1 aromatic rings. The number of nitrogens with one attached hydrogen (secondary N) is 1. The molecule has 0 aliphatic rings. The lowest BCUT2D eigenvalue weighted by Gasteiger charge is -2.28. The third-order valence-electron chi connectivity index (χ3n) is 2.75. The van der Waals surface area contributed by atoms with Crippen LogP contribution in [0.5, 0.6) is 0 Å². The van der Waals surface area contributed by atoms with Crippen LogP contribution in [-0.2, 0) is 11.3 Å². The normalized spacial score (nSPS) is 14.9. The molecule has 0 saturated carbocycles. The highest BCUT2D eigenvalue weighted by molar-refractivity contribution is 9.10. The van der Waals surface area contributed by atoms with Crippen molar-refractivity contribution in [1.82, 2.24) is 5.32 Å². The van der Waals surface area contributed by atoms with Gasteiger partial charge in [-0.1, -0.05) is 0 Å². The fourth-order valence-electron chi connectivity index (χ4n) is 1.29. The number of carboxylic acids is 1. The molecule has 0 fully saturated rings. The Morgan fingerprint density at radius 2 is 1.90 bits per heavy atom. The Kier molecular flexibility index (Phi) is 4.75. The van der Waals surface area contributed by atoms with Crippen LogP contribution in [0.4, 0.5) is 22.0 Å². The fourth-order valence-corrected chi connectivity index (χ4v) is 1.66. The summed E-state index contributed by atoms with van der Waals surface area (Å²) in [6, 6.07) is 1.91. The molecule has 0 amide bonds. The summed E-state index contributed by atoms with van der Waals surface area (Å²) in [6.45, 7) is -0.553. The highest BCUT2D eigenvalue weighted by Crippen LogP contribution is 2.31. The zero-order valence-corrected chi connectivity index (χ0v) is 11.6. The van der Waals surface area contributed by atoms with Gasteiger partial charge in [0.2, 0.25) is 5.54 Å². The number of aliphatic carboxylic acids is 1. The van der Waals surface area contributed by atoms with Gasteiger partial charge in [-0.2, -0.15) is 13.2 Å². The van der Waals surface area contributed by atoms with E-state index in [4.69, 9.17) is 5.11 Å². The van der Waals surface area contributed by atoms with Gasteiger partial charge in [-0.3, -0.25) is 5.32 Å². The van der Waals surface area contributed by atoms with Crippen molar-refractivity contribution in [3.63, 3.8) is 0 Å². The van der Waals surface area contributed by atoms with Crippen molar-refractivity contribution in [3.8, 4) is 0 Å². The number of rotatable bonds is 4. The van der Waals surface area contributed by atoms with Crippen molar-refractivity contribution >= 4 is 21.9 Å². The minimum Gasteiger partial charge on any atom is -0.480 e. The molecule has 20 heavy (non-hydrogen) atoms. The first-order chi connectivity index (χ1) is 9.00. The fraction of sp³-hybridized carbons (Fsp3) is 0.364. The molecule has 0 radical (unpaired) electrons. The summed E-state index contributed by atoms with van der Waals surface area (Å²) in [4.78, 5) is 10.7. The molecule has 0 heterocycles. The first-order valence-corrected chi connectivity index (χ1v) is 5.97. The van der Waals surface area contributed by atoms with E-state index in [0.717, 1.165) is 12.1 Å². The second-order valence-corrected chi connectivity index (χ2v) is 4.96. The smallest absolute Gasteiger partial charge is 0.417 e. The minimum atomic E-state index is -5.13. The third kappa shape index (κ3) is 3.09. The van der Waals surface area contributed by atoms with Crippen LogP contribution in [0.1, 0.15) is 12.5 Å². The molecule has 0 aliphatic carbocycles. The zero-order valence-electron chi connectivity index (χ0n) is 9.99. The second-order valence-electron chi connectivity index (χ2n) is 4.10. The molecule has 0 aromatic heterocycles. The van der Waals surface area contributed by atoms with E-state index in [-0.39, 0.29) is 4.47 Å². The number of benzene rings is 1.